The van der Waals surface area contributed by atoms with Gasteiger partial charge in [0.1, 0.15) is 11.5 Å². The topological polar surface area (TPSA) is 165 Å². The first-order valence-corrected chi connectivity index (χ1v) is 22.7. The lowest BCUT2D eigenvalue weighted by atomic mass is 9.86. The number of aromatic hydroxyl groups is 1. The molecule has 1 amide bonds. The number of aliphatic hydroxyl groups excluding tert-OH is 1. The molecule has 0 bridgehead atoms. The molecule has 0 radical (unpaired) electrons. The SMILES string of the molecule is O=C(c1ccc(CCNC[C@H](O)c2ccc(O)c3[nH]c(=O)ccc23)cc1)N1CCC(COc2cccc([C@](O)(C(=O)OCC3CCN(Cc4ccccc4)CC3)c3ccccc3)c2)CC1. The van der Waals surface area contributed by atoms with Crippen LogP contribution in [0.2, 0.25) is 0 Å². The highest BCUT2D eigenvalue weighted by Crippen LogP contribution is 2.35. The van der Waals surface area contributed by atoms with E-state index in [1.54, 1.807) is 54.6 Å². The zero-order valence-corrected chi connectivity index (χ0v) is 36.6. The van der Waals surface area contributed by atoms with Crippen LogP contribution in [-0.4, -0.2) is 94.5 Å². The molecule has 6 aromatic rings. The molecule has 0 spiro atoms. The van der Waals surface area contributed by atoms with E-state index in [4.69, 9.17) is 9.47 Å². The van der Waals surface area contributed by atoms with Gasteiger partial charge in [0.05, 0.1) is 24.8 Å². The smallest absolute Gasteiger partial charge is 0.347 e. The van der Waals surface area contributed by atoms with Crippen molar-refractivity contribution in [2.75, 3.05) is 52.5 Å². The second-order valence-corrected chi connectivity index (χ2v) is 17.4. The third-order valence-corrected chi connectivity index (χ3v) is 12.9. The minimum Gasteiger partial charge on any atom is -0.506 e. The number of aliphatic hydroxyl groups is 2. The number of nitrogens with one attached hydrogen (secondary N) is 2. The molecule has 0 unspecified atom stereocenters. The average molecular weight is 879 g/mol. The van der Waals surface area contributed by atoms with Crippen molar-refractivity contribution in [2.45, 2.75) is 50.4 Å². The number of H-pyrrole nitrogens is 1. The molecule has 1 aromatic heterocycles. The van der Waals surface area contributed by atoms with Gasteiger partial charge in [-0.25, -0.2) is 4.79 Å². The number of hydrogen-bond donors (Lipinski definition) is 5. The third-order valence-electron chi connectivity index (χ3n) is 12.9. The van der Waals surface area contributed by atoms with Gasteiger partial charge in [-0.1, -0.05) is 91.0 Å². The molecule has 0 aliphatic carbocycles. The van der Waals surface area contributed by atoms with Crippen molar-refractivity contribution < 1.29 is 34.4 Å². The molecule has 3 heterocycles. The van der Waals surface area contributed by atoms with Crippen LogP contribution in [0.4, 0.5) is 0 Å². The van der Waals surface area contributed by atoms with Crippen LogP contribution in [0.15, 0.2) is 138 Å². The van der Waals surface area contributed by atoms with Crippen LogP contribution in [0.5, 0.6) is 11.5 Å². The van der Waals surface area contributed by atoms with Crippen molar-refractivity contribution in [1.29, 1.82) is 0 Å². The Bertz CT molecular complexity index is 2570. The van der Waals surface area contributed by atoms with E-state index in [1.165, 1.54) is 17.7 Å². The summed E-state index contributed by atoms with van der Waals surface area (Å²) in [5.41, 5.74) is 2.35. The Morgan fingerprint density at radius 2 is 1.43 bits per heavy atom. The summed E-state index contributed by atoms with van der Waals surface area (Å²) in [6, 6.07) is 40.2. The number of aromatic amines is 1. The summed E-state index contributed by atoms with van der Waals surface area (Å²) < 4.78 is 12.2. The van der Waals surface area contributed by atoms with Crippen LogP contribution in [0, 0.1) is 11.8 Å². The molecular weight excluding hydrogens is 821 g/mol. The van der Waals surface area contributed by atoms with Crippen LogP contribution in [0.25, 0.3) is 10.9 Å². The summed E-state index contributed by atoms with van der Waals surface area (Å²) >= 11 is 0. The molecule has 2 saturated heterocycles. The number of carbonyl (C=O) groups excluding carboxylic acids is 2. The lowest BCUT2D eigenvalue weighted by Crippen LogP contribution is -2.40. The first-order chi connectivity index (χ1) is 31.6. The van der Waals surface area contributed by atoms with Gasteiger partial charge in [-0.2, -0.15) is 0 Å². The molecule has 2 aliphatic rings. The van der Waals surface area contributed by atoms with Gasteiger partial charge in [0, 0.05) is 48.8 Å². The number of amides is 1. The number of rotatable bonds is 17. The zero-order valence-electron chi connectivity index (χ0n) is 36.6. The Morgan fingerprint density at radius 1 is 0.754 bits per heavy atom. The Morgan fingerprint density at radius 3 is 2.17 bits per heavy atom. The number of benzene rings is 5. The molecule has 2 fully saturated rings. The first kappa shape index (κ1) is 45.3. The summed E-state index contributed by atoms with van der Waals surface area (Å²) in [6.45, 7) is 5.55. The fourth-order valence-electron chi connectivity index (χ4n) is 8.99. The Balaban J connectivity index is 0.785. The van der Waals surface area contributed by atoms with Crippen molar-refractivity contribution in [3.8, 4) is 11.5 Å². The second-order valence-electron chi connectivity index (χ2n) is 17.4. The van der Waals surface area contributed by atoms with Gasteiger partial charge in [-0.15, -0.1) is 0 Å². The van der Waals surface area contributed by atoms with E-state index in [9.17, 15) is 29.7 Å². The van der Waals surface area contributed by atoms with Crippen LogP contribution in [-0.2, 0) is 28.1 Å². The monoisotopic (exact) mass is 878 g/mol. The van der Waals surface area contributed by atoms with E-state index in [0.29, 0.717) is 71.6 Å². The van der Waals surface area contributed by atoms with E-state index >= 15 is 0 Å². The highest BCUT2D eigenvalue weighted by molar-refractivity contribution is 5.94. The quantitative estimate of drug-likeness (QED) is 0.0491. The summed E-state index contributed by atoms with van der Waals surface area (Å²) in [4.78, 5) is 46.1. The zero-order chi connectivity index (χ0) is 45.2. The molecule has 2 aliphatic heterocycles. The molecule has 8 rings (SSSR count). The number of aromatic nitrogens is 1. The molecule has 338 valence electrons. The maximum absolute atomic E-state index is 13.9. The fourth-order valence-corrected chi connectivity index (χ4v) is 8.99. The van der Waals surface area contributed by atoms with E-state index in [1.807, 2.05) is 47.4 Å². The van der Waals surface area contributed by atoms with Crippen molar-refractivity contribution in [3.63, 3.8) is 0 Å². The van der Waals surface area contributed by atoms with Gasteiger partial charge in [0.15, 0.2) is 0 Å². The minimum absolute atomic E-state index is 0.00654. The number of piperidine rings is 2. The number of ether oxygens (including phenoxy) is 2. The molecule has 0 saturated carbocycles. The van der Waals surface area contributed by atoms with E-state index < -0.39 is 17.7 Å². The van der Waals surface area contributed by atoms with Crippen LogP contribution < -0.4 is 15.6 Å². The van der Waals surface area contributed by atoms with E-state index in [-0.39, 0.29) is 42.2 Å². The molecular formula is C53H58N4O8. The number of fused-ring (bicyclic) bond motifs is 1. The Labute approximate surface area is 379 Å². The summed E-state index contributed by atoms with van der Waals surface area (Å²) in [6.07, 6.45) is 3.25. The second kappa shape index (κ2) is 21.1. The molecule has 12 nitrogen and oxygen atoms in total. The highest BCUT2D eigenvalue weighted by atomic mass is 16.5. The Hall–Kier alpha value is -6.31. The number of phenols is 1. The van der Waals surface area contributed by atoms with Gasteiger partial charge in [-0.05, 0) is 122 Å². The highest BCUT2D eigenvalue weighted by Gasteiger charge is 2.42. The normalized spacial score (nSPS) is 16.5. The van der Waals surface area contributed by atoms with Crippen LogP contribution in [0.1, 0.15) is 70.0 Å². The summed E-state index contributed by atoms with van der Waals surface area (Å²) in [7, 11) is 0. The van der Waals surface area contributed by atoms with Crippen molar-refractivity contribution in [3.05, 3.63) is 177 Å². The Kier molecular flexibility index (Phi) is 14.7. The van der Waals surface area contributed by atoms with Gasteiger partial charge in [0.25, 0.3) is 5.91 Å². The molecule has 12 heteroatoms. The standard InChI is InChI=1S/C53H58N4O8/c58-47-20-18-45(46-19-21-49(60)55-50(46)47)48(59)33-54-27-22-37-14-16-41(17-15-37)51(61)57-30-25-40(26-31-57)35-64-44-13-7-12-43(32-44)53(63,42-10-5-2-6-11-42)52(62)65-36-39-23-28-56(29-24-39)34-38-8-3-1-4-9-38/h1-21,32,39-40,48,54,58-59,63H,22-31,33-36H2,(H,55,60)/t48-,53-/m0/s1. The summed E-state index contributed by atoms with van der Waals surface area (Å²) in [5.74, 6) is 0.230. The average Bonchev–Trinajstić information content (AvgIpc) is 3.35. The van der Waals surface area contributed by atoms with Crippen molar-refractivity contribution >= 4 is 22.8 Å². The van der Waals surface area contributed by atoms with Crippen molar-refractivity contribution in [2.24, 2.45) is 11.8 Å². The van der Waals surface area contributed by atoms with Gasteiger partial charge < -0.3 is 40.0 Å². The van der Waals surface area contributed by atoms with Gasteiger partial charge in [0.2, 0.25) is 11.2 Å². The lowest BCUT2D eigenvalue weighted by molar-refractivity contribution is -0.164. The number of nitrogens with zero attached hydrogens (tertiary/aromatic N) is 2. The van der Waals surface area contributed by atoms with E-state index in [0.717, 1.165) is 50.9 Å². The van der Waals surface area contributed by atoms with Crippen molar-refractivity contribution in [1.82, 2.24) is 20.1 Å². The van der Waals surface area contributed by atoms with E-state index in [2.05, 4.69) is 39.5 Å². The van der Waals surface area contributed by atoms with Crippen LogP contribution in [0.3, 0.4) is 0 Å². The summed E-state index contributed by atoms with van der Waals surface area (Å²) in [5, 5.41) is 37.1. The maximum atomic E-state index is 13.9. The minimum atomic E-state index is -2.02. The maximum Gasteiger partial charge on any atom is 0.347 e. The third kappa shape index (κ3) is 11.1. The number of carbonyl (C=O) groups is 2. The first-order valence-electron chi connectivity index (χ1n) is 22.7. The molecule has 2 atom stereocenters. The predicted molar refractivity (Wildman–Crippen MR) is 250 cm³/mol. The van der Waals surface area contributed by atoms with Gasteiger partial charge >= 0.3 is 5.97 Å². The fraction of sp³-hybridized carbons (Fsp3) is 0.340. The number of phenolic OH excluding ortho intramolecular Hbond substituents is 1. The molecule has 65 heavy (non-hydrogen) atoms. The molecule has 5 aromatic carbocycles. The lowest BCUT2D eigenvalue weighted by Gasteiger charge is -2.33. The number of likely N-dealkylation sites (tertiary alicyclic amines) is 2. The number of pyridine rings is 1. The predicted octanol–water partition coefficient (Wildman–Crippen LogP) is 6.72. The number of hydrogen-bond acceptors (Lipinski definition) is 10. The number of esters is 1. The van der Waals surface area contributed by atoms with Crippen LogP contribution >= 0.6 is 0 Å². The molecule has 5 N–H and O–H groups in total. The largest absolute Gasteiger partial charge is 0.506 e. The van der Waals surface area contributed by atoms with Gasteiger partial charge in [-0.3, -0.25) is 14.5 Å².